The van der Waals surface area contributed by atoms with Gasteiger partial charge in [0.05, 0.1) is 12.0 Å². The van der Waals surface area contributed by atoms with Gasteiger partial charge in [0.15, 0.2) is 0 Å². The summed E-state index contributed by atoms with van der Waals surface area (Å²) in [6.45, 7) is 2.21. The molecule has 1 heterocycles. The summed E-state index contributed by atoms with van der Waals surface area (Å²) < 4.78 is 5.60. The van der Waals surface area contributed by atoms with E-state index in [1.54, 1.807) is 11.8 Å². The number of aliphatic carboxylic acids is 1. The molecule has 28 heavy (non-hydrogen) atoms. The molecule has 0 spiro atoms. The first-order valence-electron chi connectivity index (χ1n) is 9.43. The van der Waals surface area contributed by atoms with Crippen LogP contribution in [0.15, 0.2) is 48.5 Å². The molecule has 6 heteroatoms. The van der Waals surface area contributed by atoms with Crippen molar-refractivity contribution in [2.24, 2.45) is 5.92 Å². The van der Waals surface area contributed by atoms with Crippen molar-refractivity contribution in [3.8, 4) is 11.1 Å². The van der Waals surface area contributed by atoms with Crippen molar-refractivity contribution < 1.29 is 19.4 Å². The van der Waals surface area contributed by atoms with Gasteiger partial charge in [-0.05, 0) is 33.9 Å². The molecule has 1 saturated heterocycles. The number of alkyl carbamates (subject to hydrolysis) is 1. The number of amides is 1. The largest absolute Gasteiger partial charge is 0.481 e. The molecule has 1 aliphatic heterocycles. The summed E-state index contributed by atoms with van der Waals surface area (Å²) in [4.78, 5) is 23.9. The highest BCUT2D eigenvalue weighted by atomic mass is 32.2. The average molecular weight is 397 g/mol. The third kappa shape index (κ3) is 3.37. The SMILES string of the molecule is CC1CSCC1(CC(=O)O)NC(=O)OCC1c2ccccc2-c2ccccc21. The molecule has 2 N–H and O–H groups in total. The molecule has 0 saturated carbocycles. The van der Waals surface area contributed by atoms with E-state index in [0.717, 1.165) is 16.9 Å². The van der Waals surface area contributed by atoms with Crippen LogP contribution in [0.5, 0.6) is 0 Å². The van der Waals surface area contributed by atoms with Gasteiger partial charge in [0.1, 0.15) is 6.61 Å². The Morgan fingerprint density at radius 3 is 2.29 bits per heavy atom. The summed E-state index contributed by atoms with van der Waals surface area (Å²) in [5.41, 5.74) is 3.91. The number of carboxylic acids is 1. The maximum absolute atomic E-state index is 12.6. The van der Waals surface area contributed by atoms with Crippen LogP contribution in [0.1, 0.15) is 30.4 Å². The second kappa shape index (κ2) is 7.51. The lowest BCUT2D eigenvalue weighted by atomic mass is 9.85. The molecule has 2 aromatic carbocycles. The minimum absolute atomic E-state index is 0.0102. The molecule has 2 aromatic rings. The number of hydrogen-bond acceptors (Lipinski definition) is 4. The summed E-state index contributed by atoms with van der Waals surface area (Å²) in [6.07, 6.45) is -0.636. The second-order valence-corrected chi connectivity index (χ2v) is 8.62. The zero-order valence-electron chi connectivity index (χ0n) is 15.7. The number of hydrogen-bond donors (Lipinski definition) is 2. The molecule has 1 amide bonds. The van der Waals surface area contributed by atoms with Crippen LogP contribution >= 0.6 is 11.8 Å². The van der Waals surface area contributed by atoms with Crippen molar-refractivity contribution in [1.29, 1.82) is 0 Å². The van der Waals surface area contributed by atoms with Gasteiger partial charge >= 0.3 is 12.1 Å². The molecule has 1 aliphatic carbocycles. The fraction of sp³-hybridized carbons (Fsp3) is 0.364. The van der Waals surface area contributed by atoms with Crippen molar-refractivity contribution in [3.63, 3.8) is 0 Å². The van der Waals surface area contributed by atoms with E-state index in [-0.39, 0.29) is 24.9 Å². The van der Waals surface area contributed by atoms with Gasteiger partial charge in [-0.2, -0.15) is 11.8 Å². The number of thioether (sulfide) groups is 1. The summed E-state index contributed by atoms with van der Waals surface area (Å²) in [5.74, 6) is 0.577. The summed E-state index contributed by atoms with van der Waals surface area (Å²) in [7, 11) is 0. The number of nitrogens with one attached hydrogen (secondary N) is 1. The van der Waals surface area contributed by atoms with E-state index < -0.39 is 17.6 Å². The lowest BCUT2D eigenvalue weighted by Gasteiger charge is -2.32. The highest BCUT2D eigenvalue weighted by Gasteiger charge is 2.44. The number of fused-ring (bicyclic) bond motifs is 3. The topological polar surface area (TPSA) is 75.6 Å². The van der Waals surface area contributed by atoms with Crippen LogP contribution in [-0.4, -0.2) is 40.8 Å². The van der Waals surface area contributed by atoms with E-state index in [1.807, 2.05) is 31.2 Å². The summed E-state index contributed by atoms with van der Waals surface area (Å²) in [5, 5.41) is 12.2. The predicted molar refractivity (Wildman–Crippen MR) is 110 cm³/mol. The molecule has 0 radical (unpaired) electrons. The number of carbonyl (C=O) groups is 2. The van der Waals surface area contributed by atoms with Crippen LogP contribution in [0.4, 0.5) is 4.79 Å². The third-order valence-corrected chi connectivity index (χ3v) is 7.29. The predicted octanol–water partition coefficient (Wildman–Crippen LogP) is 4.12. The molecular weight excluding hydrogens is 374 g/mol. The number of ether oxygens (including phenoxy) is 1. The minimum Gasteiger partial charge on any atom is -0.481 e. The Kier molecular flexibility index (Phi) is 5.06. The minimum atomic E-state index is -0.909. The molecule has 1 fully saturated rings. The lowest BCUT2D eigenvalue weighted by Crippen LogP contribution is -2.54. The molecule has 0 bridgehead atoms. The Labute approximate surface area is 168 Å². The first-order valence-corrected chi connectivity index (χ1v) is 10.6. The molecule has 2 atom stereocenters. The molecule has 2 unspecified atom stereocenters. The van der Waals surface area contributed by atoms with E-state index in [4.69, 9.17) is 4.74 Å². The summed E-state index contributed by atoms with van der Waals surface area (Å²) in [6, 6.07) is 16.3. The van der Waals surface area contributed by atoms with Crippen molar-refractivity contribution >= 4 is 23.8 Å². The van der Waals surface area contributed by atoms with E-state index >= 15 is 0 Å². The van der Waals surface area contributed by atoms with Crippen LogP contribution in [-0.2, 0) is 9.53 Å². The van der Waals surface area contributed by atoms with E-state index in [9.17, 15) is 14.7 Å². The number of benzene rings is 2. The fourth-order valence-electron chi connectivity index (χ4n) is 4.26. The van der Waals surface area contributed by atoms with Gasteiger partial charge in [-0.1, -0.05) is 55.5 Å². The average Bonchev–Trinajstić information content (AvgIpc) is 3.18. The third-order valence-electron chi connectivity index (χ3n) is 5.83. The molecule has 2 aliphatic rings. The highest BCUT2D eigenvalue weighted by Crippen LogP contribution is 2.44. The first-order chi connectivity index (χ1) is 13.5. The van der Waals surface area contributed by atoms with Crippen LogP contribution < -0.4 is 5.32 Å². The maximum Gasteiger partial charge on any atom is 0.407 e. The Balaban J connectivity index is 1.49. The van der Waals surface area contributed by atoms with Crippen molar-refractivity contribution in [3.05, 3.63) is 59.7 Å². The molecule has 146 valence electrons. The fourth-order valence-corrected chi connectivity index (χ4v) is 5.87. The molecule has 0 aromatic heterocycles. The standard InChI is InChI=1S/C22H23NO4S/c1-14-12-28-13-22(14,10-20(24)25)23-21(26)27-11-19-17-8-4-2-6-15(17)16-7-3-5-9-18(16)19/h2-9,14,19H,10-13H2,1H3,(H,23,26)(H,24,25). The van der Waals surface area contributed by atoms with E-state index in [2.05, 4.69) is 29.6 Å². The van der Waals surface area contributed by atoms with Gasteiger partial charge in [-0.15, -0.1) is 0 Å². The number of rotatable bonds is 5. The van der Waals surface area contributed by atoms with Crippen LogP contribution in [0.2, 0.25) is 0 Å². The molecule has 5 nitrogen and oxygen atoms in total. The van der Waals surface area contributed by atoms with Gasteiger partial charge in [0, 0.05) is 11.7 Å². The molecule has 4 rings (SSSR count). The Morgan fingerprint density at radius 2 is 1.75 bits per heavy atom. The van der Waals surface area contributed by atoms with Crippen LogP contribution in [0.25, 0.3) is 11.1 Å². The monoisotopic (exact) mass is 397 g/mol. The Morgan fingerprint density at radius 1 is 1.14 bits per heavy atom. The lowest BCUT2D eigenvalue weighted by molar-refractivity contribution is -0.138. The normalized spacial score (nSPS) is 23.1. The van der Waals surface area contributed by atoms with E-state index in [0.29, 0.717) is 5.75 Å². The zero-order valence-corrected chi connectivity index (χ0v) is 16.5. The van der Waals surface area contributed by atoms with E-state index in [1.165, 1.54) is 11.1 Å². The Bertz CT molecular complexity index is 869. The zero-order chi connectivity index (χ0) is 19.7. The van der Waals surface area contributed by atoms with Gasteiger partial charge < -0.3 is 15.2 Å². The smallest absolute Gasteiger partial charge is 0.407 e. The van der Waals surface area contributed by atoms with Gasteiger partial charge in [0.25, 0.3) is 0 Å². The second-order valence-electron chi connectivity index (χ2n) is 7.59. The Hall–Kier alpha value is -2.47. The molecular formula is C22H23NO4S. The van der Waals surface area contributed by atoms with Crippen molar-refractivity contribution in [2.45, 2.75) is 24.8 Å². The summed E-state index contributed by atoms with van der Waals surface area (Å²) >= 11 is 1.66. The number of carbonyl (C=O) groups excluding carboxylic acids is 1. The first kappa shape index (κ1) is 18.9. The van der Waals surface area contributed by atoms with Crippen LogP contribution in [0, 0.1) is 5.92 Å². The van der Waals surface area contributed by atoms with Gasteiger partial charge in [0.2, 0.25) is 0 Å². The van der Waals surface area contributed by atoms with Crippen molar-refractivity contribution in [2.75, 3.05) is 18.1 Å². The van der Waals surface area contributed by atoms with Crippen molar-refractivity contribution in [1.82, 2.24) is 5.32 Å². The quantitative estimate of drug-likeness (QED) is 0.794. The number of carboxylic acid groups (broad SMARTS) is 1. The van der Waals surface area contributed by atoms with Gasteiger partial charge in [-0.25, -0.2) is 4.79 Å². The maximum atomic E-state index is 12.6. The highest BCUT2D eigenvalue weighted by molar-refractivity contribution is 7.99. The van der Waals surface area contributed by atoms with Crippen LogP contribution in [0.3, 0.4) is 0 Å². The van der Waals surface area contributed by atoms with Gasteiger partial charge in [-0.3, -0.25) is 4.79 Å².